The summed E-state index contributed by atoms with van der Waals surface area (Å²) >= 11 is 1.36. The quantitative estimate of drug-likeness (QED) is 0.617. The van der Waals surface area contributed by atoms with Crippen molar-refractivity contribution in [1.82, 2.24) is 4.98 Å². The number of aliphatic hydroxyl groups excluding tert-OH is 3. The van der Waals surface area contributed by atoms with Crippen LogP contribution in [-0.2, 0) is 0 Å². The van der Waals surface area contributed by atoms with Crippen LogP contribution in [0.1, 0.15) is 11.7 Å². The van der Waals surface area contributed by atoms with Crippen LogP contribution in [-0.4, -0.2) is 33.0 Å². The molecular formula is C10H12N2O3S. The number of nitrogen functional groups attached to an aromatic ring is 1. The van der Waals surface area contributed by atoms with Crippen LogP contribution in [0.4, 0.5) is 5.13 Å². The molecule has 0 aliphatic heterocycles. The SMILES string of the molecule is Nc1nc2cc(C(O)C(O)CO)ccc2s1. The van der Waals surface area contributed by atoms with Gasteiger partial charge in [-0.15, -0.1) is 0 Å². The first-order valence-corrected chi connectivity index (χ1v) is 5.56. The van der Waals surface area contributed by atoms with Crippen molar-refractivity contribution in [1.29, 1.82) is 0 Å². The summed E-state index contributed by atoms with van der Waals surface area (Å²) in [6, 6.07) is 5.13. The van der Waals surface area contributed by atoms with Crippen LogP contribution in [0.3, 0.4) is 0 Å². The highest BCUT2D eigenvalue weighted by molar-refractivity contribution is 7.22. The number of thiazole rings is 1. The Balaban J connectivity index is 2.38. The normalized spacial score (nSPS) is 15.2. The summed E-state index contributed by atoms with van der Waals surface area (Å²) in [6.07, 6.45) is -2.30. The molecular weight excluding hydrogens is 228 g/mol. The number of hydrogen-bond acceptors (Lipinski definition) is 6. The van der Waals surface area contributed by atoms with Gasteiger partial charge in [0.25, 0.3) is 0 Å². The van der Waals surface area contributed by atoms with Gasteiger partial charge in [0.15, 0.2) is 5.13 Å². The lowest BCUT2D eigenvalue weighted by atomic mass is 10.0. The van der Waals surface area contributed by atoms with Gasteiger partial charge in [-0.1, -0.05) is 17.4 Å². The molecule has 1 heterocycles. The van der Waals surface area contributed by atoms with Gasteiger partial charge in [0, 0.05) is 0 Å². The van der Waals surface area contributed by atoms with Gasteiger partial charge in [0.05, 0.1) is 16.8 Å². The number of aromatic nitrogens is 1. The number of fused-ring (bicyclic) bond motifs is 1. The molecule has 2 unspecified atom stereocenters. The van der Waals surface area contributed by atoms with E-state index in [2.05, 4.69) is 4.98 Å². The molecule has 0 spiro atoms. The fraction of sp³-hybridized carbons (Fsp3) is 0.300. The Kier molecular flexibility index (Phi) is 3.06. The van der Waals surface area contributed by atoms with E-state index in [4.69, 9.17) is 10.8 Å². The first-order valence-electron chi connectivity index (χ1n) is 4.75. The molecule has 5 N–H and O–H groups in total. The molecule has 0 saturated carbocycles. The maximum atomic E-state index is 9.69. The summed E-state index contributed by atoms with van der Waals surface area (Å²) < 4.78 is 0.923. The summed E-state index contributed by atoms with van der Waals surface area (Å²) in [4.78, 5) is 4.08. The highest BCUT2D eigenvalue weighted by Gasteiger charge is 2.18. The molecule has 0 radical (unpaired) electrons. The molecule has 2 aromatic rings. The highest BCUT2D eigenvalue weighted by atomic mass is 32.1. The largest absolute Gasteiger partial charge is 0.394 e. The average Bonchev–Trinajstić information content (AvgIpc) is 2.65. The lowest BCUT2D eigenvalue weighted by Gasteiger charge is -2.15. The van der Waals surface area contributed by atoms with E-state index in [1.807, 2.05) is 0 Å². The van der Waals surface area contributed by atoms with E-state index >= 15 is 0 Å². The van der Waals surface area contributed by atoms with Gasteiger partial charge in [0.1, 0.15) is 12.2 Å². The summed E-state index contributed by atoms with van der Waals surface area (Å²) in [5.41, 5.74) is 6.76. The molecule has 86 valence electrons. The van der Waals surface area contributed by atoms with Crippen LogP contribution in [0.5, 0.6) is 0 Å². The summed E-state index contributed by atoms with van der Waals surface area (Å²) in [6.45, 7) is -0.488. The number of aliphatic hydroxyl groups is 3. The van der Waals surface area contributed by atoms with Crippen molar-refractivity contribution in [3.63, 3.8) is 0 Å². The molecule has 0 bridgehead atoms. The average molecular weight is 240 g/mol. The minimum Gasteiger partial charge on any atom is -0.394 e. The van der Waals surface area contributed by atoms with Gasteiger partial charge in [-0.05, 0) is 17.7 Å². The monoisotopic (exact) mass is 240 g/mol. The van der Waals surface area contributed by atoms with Crippen molar-refractivity contribution in [3.05, 3.63) is 23.8 Å². The van der Waals surface area contributed by atoms with Crippen molar-refractivity contribution in [2.24, 2.45) is 0 Å². The van der Waals surface area contributed by atoms with Gasteiger partial charge in [-0.2, -0.15) is 0 Å². The van der Waals surface area contributed by atoms with Crippen LogP contribution < -0.4 is 5.73 Å². The Morgan fingerprint density at radius 1 is 1.38 bits per heavy atom. The third kappa shape index (κ3) is 2.00. The van der Waals surface area contributed by atoms with Crippen molar-refractivity contribution in [2.45, 2.75) is 12.2 Å². The van der Waals surface area contributed by atoms with E-state index in [9.17, 15) is 10.2 Å². The summed E-state index contributed by atoms with van der Waals surface area (Å²) in [5, 5.41) is 28.2. The molecule has 6 heteroatoms. The van der Waals surface area contributed by atoms with E-state index in [0.29, 0.717) is 16.2 Å². The van der Waals surface area contributed by atoms with Gasteiger partial charge < -0.3 is 21.1 Å². The second-order valence-corrected chi connectivity index (χ2v) is 4.54. The van der Waals surface area contributed by atoms with E-state index in [-0.39, 0.29) is 0 Å². The zero-order valence-electron chi connectivity index (χ0n) is 8.37. The van der Waals surface area contributed by atoms with E-state index in [1.165, 1.54) is 11.3 Å². The highest BCUT2D eigenvalue weighted by Crippen LogP contribution is 2.27. The number of nitrogens with two attached hydrogens (primary N) is 1. The number of rotatable bonds is 3. The molecule has 2 atom stereocenters. The zero-order chi connectivity index (χ0) is 11.7. The fourth-order valence-electron chi connectivity index (χ4n) is 1.47. The number of anilines is 1. The Morgan fingerprint density at radius 3 is 2.81 bits per heavy atom. The van der Waals surface area contributed by atoms with Gasteiger partial charge in [-0.3, -0.25) is 0 Å². The topological polar surface area (TPSA) is 99.6 Å². The van der Waals surface area contributed by atoms with Crippen LogP contribution in [0.25, 0.3) is 10.2 Å². The molecule has 1 aromatic heterocycles. The van der Waals surface area contributed by atoms with Gasteiger partial charge in [-0.25, -0.2) is 4.98 Å². The Hall–Kier alpha value is -1.21. The minimum atomic E-state index is -1.19. The van der Waals surface area contributed by atoms with Crippen LogP contribution >= 0.6 is 11.3 Å². The maximum Gasteiger partial charge on any atom is 0.181 e. The van der Waals surface area contributed by atoms with Crippen molar-refractivity contribution in [3.8, 4) is 0 Å². The molecule has 0 saturated heterocycles. The third-order valence-corrected chi connectivity index (χ3v) is 3.19. The van der Waals surface area contributed by atoms with Crippen molar-refractivity contribution in [2.75, 3.05) is 12.3 Å². The van der Waals surface area contributed by atoms with Crippen molar-refractivity contribution < 1.29 is 15.3 Å². The lowest BCUT2D eigenvalue weighted by molar-refractivity contribution is -0.0152. The van der Waals surface area contributed by atoms with E-state index in [1.54, 1.807) is 18.2 Å². The molecule has 0 aliphatic carbocycles. The number of nitrogens with zero attached hydrogens (tertiary/aromatic N) is 1. The molecule has 0 fully saturated rings. The minimum absolute atomic E-state index is 0.462. The molecule has 16 heavy (non-hydrogen) atoms. The lowest BCUT2D eigenvalue weighted by Crippen LogP contribution is -2.21. The zero-order valence-corrected chi connectivity index (χ0v) is 9.18. The standard InChI is InChI=1S/C10H12N2O3S/c11-10-12-6-3-5(1-2-8(6)16-10)9(15)7(14)4-13/h1-3,7,9,13-15H,4H2,(H2,11,12). The second-order valence-electron chi connectivity index (χ2n) is 3.47. The molecule has 2 rings (SSSR count). The van der Waals surface area contributed by atoms with Gasteiger partial charge in [0.2, 0.25) is 0 Å². The predicted molar refractivity (Wildman–Crippen MR) is 62.1 cm³/mol. The molecule has 1 aromatic carbocycles. The summed E-state index contributed by atoms with van der Waals surface area (Å²) in [5.74, 6) is 0. The van der Waals surface area contributed by atoms with Crippen molar-refractivity contribution >= 4 is 26.7 Å². The predicted octanol–water partition coefficient (Wildman–Crippen LogP) is 0.265. The fourth-order valence-corrected chi connectivity index (χ4v) is 2.18. The summed E-state index contributed by atoms with van der Waals surface area (Å²) in [7, 11) is 0. The van der Waals surface area contributed by atoms with Crippen LogP contribution in [0.15, 0.2) is 18.2 Å². The van der Waals surface area contributed by atoms with Gasteiger partial charge >= 0.3 is 0 Å². The first-order chi connectivity index (χ1) is 7.61. The molecule has 0 amide bonds. The Labute approximate surface area is 95.8 Å². The number of benzene rings is 1. The van der Waals surface area contributed by atoms with Crippen LogP contribution in [0.2, 0.25) is 0 Å². The number of hydrogen-bond donors (Lipinski definition) is 4. The van der Waals surface area contributed by atoms with Crippen LogP contribution in [0, 0.1) is 0 Å². The molecule has 5 nitrogen and oxygen atoms in total. The first kappa shape index (κ1) is 11.3. The Bertz CT molecular complexity index is 500. The third-order valence-electron chi connectivity index (χ3n) is 2.32. The second kappa shape index (κ2) is 4.34. The maximum absolute atomic E-state index is 9.69. The van der Waals surface area contributed by atoms with E-state index < -0.39 is 18.8 Å². The smallest absolute Gasteiger partial charge is 0.181 e. The van der Waals surface area contributed by atoms with E-state index in [0.717, 1.165) is 4.70 Å². The Morgan fingerprint density at radius 2 is 2.12 bits per heavy atom. The molecule has 0 aliphatic rings.